The molecule has 0 spiro atoms. The first-order valence-corrected chi connectivity index (χ1v) is 9.02. The van der Waals surface area contributed by atoms with Crippen LogP contribution < -0.4 is 4.90 Å². The number of nitro groups is 1. The van der Waals surface area contributed by atoms with Gasteiger partial charge in [0, 0.05) is 28.3 Å². The molecule has 1 aliphatic rings. The van der Waals surface area contributed by atoms with Crippen molar-refractivity contribution in [1.29, 1.82) is 0 Å². The molecular weight excluding hydrogens is 352 g/mol. The van der Waals surface area contributed by atoms with E-state index in [2.05, 4.69) is 11.2 Å². The summed E-state index contributed by atoms with van der Waals surface area (Å²) >= 11 is 6.25. The molecule has 0 bridgehead atoms. The molecule has 7 heteroatoms. The van der Waals surface area contributed by atoms with E-state index in [0.29, 0.717) is 0 Å². The number of rotatable bonds is 5. The lowest BCUT2D eigenvalue weighted by molar-refractivity contribution is -0.918. The molecule has 0 aliphatic carbocycles. The summed E-state index contributed by atoms with van der Waals surface area (Å²) in [6.07, 6.45) is 0. The number of hydrogen-bond acceptors (Lipinski definition) is 4. The zero-order valence-electron chi connectivity index (χ0n) is 14.7. The van der Waals surface area contributed by atoms with Gasteiger partial charge in [-0.15, -0.1) is 0 Å². The van der Waals surface area contributed by atoms with Gasteiger partial charge in [-0.2, -0.15) is 5.10 Å². The second-order valence-corrected chi connectivity index (χ2v) is 6.87. The first kappa shape index (κ1) is 18.4. The van der Waals surface area contributed by atoms with Crippen LogP contribution in [0, 0.1) is 10.1 Å². The number of hydrogen-bond donors (Lipinski definition) is 1. The number of nitrogens with zero attached hydrogens (tertiary/aromatic N) is 3. The largest absolute Gasteiger partial charge is 0.328 e. The predicted molar refractivity (Wildman–Crippen MR) is 103 cm³/mol. The van der Waals surface area contributed by atoms with Crippen LogP contribution >= 0.6 is 11.6 Å². The average molecular weight is 374 g/mol. The zero-order chi connectivity index (χ0) is 18.5. The highest BCUT2D eigenvalue weighted by atomic mass is 35.5. The minimum absolute atomic E-state index is 0.0889. The molecule has 6 nitrogen and oxygen atoms in total. The van der Waals surface area contributed by atoms with Crippen molar-refractivity contribution < 1.29 is 9.82 Å². The van der Waals surface area contributed by atoms with E-state index in [9.17, 15) is 10.1 Å². The zero-order valence-corrected chi connectivity index (χ0v) is 15.4. The number of piperazine rings is 1. The molecule has 0 amide bonds. The van der Waals surface area contributed by atoms with E-state index in [4.69, 9.17) is 11.6 Å². The highest BCUT2D eigenvalue weighted by Gasteiger charge is 2.20. The molecule has 0 saturated carbocycles. The number of halogens is 1. The molecule has 3 rings (SSSR count). The Labute approximate surface area is 157 Å². The van der Waals surface area contributed by atoms with Crippen LogP contribution in [0.25, 0.3) is 0 Å². The number of non-ortho nitro benzene ring substituents is 1. The lowest BCUT2D eigenvalue weighted by atomic mass is 10.1. The summed E-state index contributed by atoms with van der Waals surface area (Å²) in [4.78, 5) is 12.0. The van der Waals surface area contributed by atoms with Gasteiger partial charge in [-0.05, 0) is 13.0 Å². The molecule has 2 aromatic rings. The van der Waals surface area contributed by atoms with Gasteiger partial charge in [0.15, 0.2) is 0 Å². The third kappa shape index (κ3) is 4.59. The summed E-state index contributed by atoms with van der Waals surface area (Å²) in [5.74, 6) is 0. The molecule has 0 radical (unpaired) electrons. The maximum absolute atomic E-state index is 10.9. The number of nitrogens with one attached hydrogen (secondary N) is 1. The molecule has 1 N–H and O–H groups in total. The SMILES string of the molecule is C/C(=N/N1CC[NH+](Cc2ccccc2Cl)CC1)c1cccc([N+](=O)[O-])c1. The minimum Gasteiger partial charge on any atom is -0.328 e. The maximum atomic E-state index is 10.9. The summed E-state index contributed by atoms with van der Waals surface area (Å²) in [6, 6.07) is 14.6. The first-order valence-electron chi connectivity index (χ1n) is 8.65. The summed E-state index contributed by atoms with van der Waals surface area (Å²) < 4.78 is 0. The topological polar surface area (TPSA) is 63.2 Å². The molecule has 1 fully saturated rings. The molecule has 0 aromatic heterocycles. The third-order valence-corrected chi connectivity index (χ3v) is 4.98. The van der Waals surface area contributed by atoms with Crippen LogP contribution in [0.15, 0.2) is 53.6 Å². The van der Waals surface area contributed by atoms with Crippen molar-refractivity contribution in [2.45, 2.75) is 13.5 Å². The second-order valence-electron chi connectivity index (χ2n) is 6.46. The summed E-state index contributed by atoms with van der Waals surface area (Å²) in [7, 11) is 0. The first-order chi connectivity index (χ1) is 12.5. The summed E-state index contributed by atoms with van der Waals surface area (Å²) in [6.45, 7) is 6.48. The Morgan fingerprint density at radius 1 is 1.23 bits per heavy atom. The molecule has 0 unspecified atom stereocenters. The fraction of sp³-hybridized carbons (Fsp3) is 0.316. The average Bonchev–Trinajstić information content (AvgIpc) is 2.65. The van der Waals surface area contributed by atoms with Crippen LogP contribution in [0.3, 0.4) is 0 Å². The Morgan fingerprint density at radius 3 is 2.65 bits per heavy atom. The Balaban J connectivity index is 1.59. The Morgan fingerprint density at radius 2 is 1.96 bits per heavy atom. The second kappa shape index (κ2) is 8.29. The highest BCUT2D eigenvalue weighted by Crippen LogP contribution is 2.15. The van der Waals surface area contributed by atoms with Crippen LogP contribution in [0.5, 0.6) is 0 Å². The molecule has 1 saturated heterocycles. The van der Waals surface area contributed by atoms with Crippen LogP contribution in [-0.2, 0) is 6.54 Å². The standard InChI is InChI=1S/C19H21ClN4O2/c1-15(16-6-4-7-18(13-16)24(25)26)21-23-11-9-22(10-12-23)14-17-5-2-3-8-19(17)20/h2-8,13H,9-12,14H2,1H3/p+1/b21-15-. The van der Waals surface area contributed by atoms with Gasteiger partial charge in [-0.25, -0.2) is 0 Å². The van der Waals surface area contributed by atoms with Crippen molar-refractivity contribution in [2.75, 3.05) is 26.2 Å². The van der Waals surface area contributed by atoms with Crippen molar-refractivity contribution in [3.8, 4) is 0 Å². The molecule has 1 aliphatic heterocycles. The molecule has 136 valence electrons. The molecule has 1 heterocycles. The van der Waals surface area contributed by atoms with Gasteiger partial charge < -0.3 is 4.90 Å². The fourth-order valence-corrected chi connectivity index (χ4v) is 3.32. The Hall–Kier alpha value is -2.44. The molecule has 2 aromatic carbocycles. The van der Waals surface area contributed by atoms with E-state index in [1.807, 2.05) is 36.2 Å². The quantitative estimate of drug-likeness (QED) is 0.497. The van der Waals surface area contributed by atoms with E-state index >= 15 is 0 Å². The van der Waals surface area contributed by atoms with E-state index in [-0.39, 0.29) is 10.6 Å². The van der Waals surface area contributed by atoms with Gasteiger partial charge in [-0.1, -0.05) is 41.9 Å². The van der Waals surface area contributed by atoms with Gasteiger partial charge >= 0.3 is 0 Å². The lowest BCUT2D eigenvalue weighted by Gasteiger charge is -2.31. The summed E-state index contributed by atoms with van der Waals surface area (Å²) in [5.41, 5.74) is 2.84. The van der Waals surface area contributed by atoms with Crippen LogP contribution in [0.1, 0.15) is 18.1 Å². The van der Waals surface area contributed by atoms with E-state index in [1.54, 1.807) is 12.1 Å². The highest BCUT2D eigenvalue weighted by molar-refractivity contribution is 6.31. The van der Waals surface area contributed by atoms with Gasteiger partial charge in [0.1, 0.15) is 6.54 Å². The van der Waals surface area contributed by atoms with E-state index in [0.717, 1.165) is 49.0 Å². The van der Waals surface area contributed by atoms with Gasteiger partial charge in [-0.3, -0.25) is 15.1 Å². The normalized spacial score (nSPS) is 15.9. The fourth-order valence-electron chi connectivity index (χ4n) is 3.11. The molecular formula is C19H22ClN4O2+. The van der Waals surface area contributed by atoms with Crippen LogP contribution in [-0.4, -0.2) is 41.8 Å². The predicted octanol–water partition coefficient (Wildman–Crippen LogP) is 2.37. The van der Waals surface area contributed by atoms with E-state index < -0.39 is 0 Å². The number of quaternary nitrogens is 1. The van der Waals surface area contributed by atoms with Gasteiger partial charge in [0.2, 0.25) is 0 Å². The van der Waals surface area contributed by atoms with Crippen molar-refractivity contribution in [3.05, 3.63) is 74.8 Å². The number of nitro benzene ring substituents is 1. The van der Waals surface area contributed by atoms with Crippen LogP contribution in [0.4, 0.5) is 5.69 Å². The smallest absolute Gasteiger partial charge is 0.270 e. The minimum atomic E-state index is -0.381. The Kier molecular flexibility index (Phi) is 5.85. The molecule has 26 heavy (non-hydrogen) atoms. The van der Waals surface area contributed by atoms with Crippen LogP contribution in [0.2, 0.25) is 5.02 Å². The van der Waals surface area contributed by atoms with Crippen molar-refractivity contribution >= 4 is 23.0 Å². The third-order valence-electron chi connectivity index (χ3n) is 4.61. The van der Waals surface area contributed by atoms with Crippen molar-refractivity contribution in [1.82, 2.24) is 5.01 Å². The summed E-state index contributed by atoms with van der Waals surface area (Å²) in [5, 5.41) is 18.4. The lowest BCUT2D eigenvalue weighted by Crippen LogP contribution is -3.13. The van der Waals surface area contributed by atoms with E-state index in [1.165, 1.54) is 16.5 Å². The maximum Gasteiger partial charge on any atom is 0.270 e. The van der Waals surface area contributed by atoms with Gasteiger partial charge in [0.25, 0.3) is 5.69 Å². The van der Waals surface area contributed by atoms with Crippen molar-refractivity contribution in [3.63, 3.8) is 0 Å². The number of hydrazone groups is 1. The molecule has 0 atom stereocenters. The van der Waals surface area contributed by atoms with Crippen molar-refractivity contribution in [2.24, 2.45) is 5.10 Å². The Bertz CT molecular complexity index is 817. The van der Waals surface area contributed by atoms with Gasteiger partial charge in [0.05, 0.1) is 36.8 Å². The number of benzene rings is 2. The monoisotopic (exact) mass is 373 g/mol.